The van der Waals surface area contributed by atoms with Crippen LogP contribution in [0, 0.1) is 0 Å². The lowest BCUT2D eigenvalue weighted by Gasteiger charge is -2.30. The maximum absolute atomic E-state index is 12.5. The highest BCUT2D eigenvalue weighted by Gasteiger charge is 2.31. The number of ether oxygens (including phenoxy) is 2. The molecule has 1 aliphatic rings. The molecule has 0 saturated carbocycles. The van der Waals surface area contributed by atoms with Crippen LogP contribution in [0.1, 0.15) is 32.4 Å². The van der Waals surface area contributed by atoms with Crippen LogP contribution in [-0.2, 0) is 9.53 Å². The molecule has 1 atom stereocenters. The summed E-state index contributed by atoms with van der Waals surface area (Å²) in [6, 6.07) is 4.91. The van der Waals surface area contributed by atoms with Crippen molar-refractivity contribution in [3.05, 3.63) is 40.1 Å². The Morgan fingerprint density at radius 3 is 2.65 bits per heavy atom. The molecule has 0 bridgehead atoms. The molecule has 1 aromatic rings. The first-order valence-corrected chi connectivity index (χ1v) is 7.94. The summed E-state index contributed by atoms with van der Waals surface area (Å²) in [4.78, 5) is 12.5. The smallest absolute Gasteiger partial charge is 0.338 e. The van der Waals surface area contributed by atoms with Crippen molar-refractivity contribution in [1.29, 1.82) is 0 Å². The van der Waals surface area contributed by atoms with Crippen molar-refractivity contribution < 1.29 is 14.3 Å². The molecule has 2 rings (SSSR count). The third-order valence-electron chi connectivity index (χ3n) is 3.34. The number of thiocarbonyl (C=S) groups is 1. The minimum atomic E-state index is -0.432. The Bertz CT molecular complexity index is 673. The number of esters is 1. The van der Waals surface area contributed by atoms with Crippen molar-refractivity contribution in [3.8, 4) is 5.75 Å². The molecule has 0 spiro atoms. The van der Waals surface area contributed by atoms with Crippen molar-refractivity contribution in [2.45, 2.75) is 32.9 Å². The van der Waals surface area contributed by atoms with E-state index in [1.807, 2.05) is 6.07 Å². The van der Waals surface area contributed by atoms with Gasteiger partial charge in [-0.05, 0) is 50.7 Å². The van der Waals surface area contributed by atoms with Gasteiger partial charge in [0.15, 0.2) is 5.11 Å². The van der Waals surface area contributed by atoms with Gasteiger partial charge in [-0.3, -0.25) is 0 Å². The van der Waals surface area contributed by atoms with E-state index in [-0.39, 0.29) is 6.10 Å². The van der Waals surface area contributed by atoms with Gasteiger partial charge in [-0.25, -0.2) is 4.79 Å². The van der Waals surface area contributed by atoms with Crippen LogP contribution in [0.15, 0.2) is 29.5 Å². The third-order valence-corrected chi connectivity index (χ3v) is 3.86. The van der Waals surface area contributed by atoms with Crippen LogP contribution in [-0.4, -0.2) is 24.3 Å². The number of nitrogens with one attached hydrogen (secondary N) is 2. The maximum Gasteiger partial charge on any atom is 0.338 e. The fourth-order valence-electron chi connectivity index (χ4n) is 2.35. The molecule has 0 saturated heterocycles. The van der Waals surface area contributed by atoms with Crippen molar-refractivity contribution in [2.75, 3.05) is 7.11 Å². The largest absolute Gasteiger partial charge is 0.495 e. The SMILES string of the molecule is COc1ccc([C@@H]2NC(=S)NC(C)=C2C(=O)OC(C)C)cc1Cl. The topological polar surface area (TPSA) is 59.6 Å². The normalized spacial score (nSPS) is 17.7. The van der Waals surface area contributed by atoms with E-state index in [1.165, 1.54) is 0 Å². The summed E-state index contributed by atoms with van der Waals surface area (Å²) in [6.45, 7) is 5.41. The molecule has 5 nitrogen and oxygen atoms in total. The molecule has 1 aromatic carbocycles. The molecule has 0 radical (unpaired) electrons. The summed E-state index contributed by atoms with van der Waals surface area (Å²) in [5.74, 6) is 0.177. The first kappa shape index (κ1) is 17.6. The Balaban J connectivity index is 2.44. The predicted octanol–water partition coefficient (Wildman–Crippen LogP) is 3.09. The molecule has 0 aromatic heterocycles. The number of benzene rings is 1. The first-order valence-electron chi connectivity index (χ1n) is 7.16. The molecule has 1 aliphatic heterocycles. The van der Waals surface area contributed by atoms with Crippen LogP contribution in [0.2, 0.25) is 5.02 Å². The predicted molar refractivity (Wildman–Crippen MR) is 93.5 cm³/mol. The Hall–Kier alpha value is -1.79. The molecule has 7 heteroatoms. The van der Waals surface area contributed by atoms with Crippen molar-refractivity contribution in [2.24, 2.45) is 0 Å². The van der Waals surface area contributed by atoms with E-state index < -0.39 is 12.0 Å². The van der Waals surface area contributed by atoms with Gasteiger partial charge in [0.05, 0.1) is 29.9 Å². The third kappa shape index (κ3) is 3.95. The highest BCUT2D eigenvalue weighted by atomic mass is 35.5. The molecular formula is C16H19ClN2O3S. The molecule has 1 heterocycles. The average molecular weight is 355 g/mol. The monoisotopic (exact) mass is 354 g/mol. The standard InChI is InChI=1S/C16H19ClN2O3S/c1-8(2)22-15(20)13-9(3)18-16(23)19-14(13)10-5-6-12(21-4)11(17)7-10/h5-8,14H,1-4H3,(H2,18,19,23)/t14-/m0/s1. The van der Waals surface area contributed by atoms with E-state index in [4.69, 9.17) is 33.3 Å². The summed E-state index contributed by atoms with van der Waals surface area (Å²) in [5.41, 5.74) is 1.94. The Labute approximate surface area is 146 Å². The van der Waals surface area contributed by atoms with Crippen LogP contribution < -0.4 is 15.4 Å². The van der Waals surface area contributed by atoms with Crippen molar-refractivity contribution >= 4 is 34.9 Å². The van der Waals surface area contributed by atoms with Gasteiger partial charge < -0.3 is 20.1 Å². The number of halogens is 1. The van der Waals surface area contributed by atoms with Crippen LogP contribution in [0.5, 0.6) is 5.75 Å². The zero-order valence-corrected chi connectivity index (χ0v) is 15.0. The molecule has 0 unspecified atom stereocenters. The van der Waals surface area contributed by atoms with Crippen molar-refractivity contribution in [1.82, 2.24) is 10.6 Å². The summed E-state index contributed by atoms with van der Waals surface area (Å²) in [5, 5.41) is 6.96. The summed E-state index contributed by atoms with van der Waals surface area (Å²) < 4.78 is 10.5. The highest BCUT2D eigenvalue weighted by Crippen LogP contribution is 2.33. The fraction of sp³-hybridized carbons (Fsp3) is 0.375. The number of allylic oxidation sites excluding steroid dienone is 1. The molecule has 0 aliphatic carbocycles. The van der Waals surface area contributed by atoms with Crippen LogP contribution in [0.4, 0.5) is 0 Å². The van der Waals surface area contributed by atoms with E-state index in [1.54, 1.807) is 40.0 Å². The lowest BCUT2D eigenvalue weighted by molar-refractivity contribution is -0.143. The second kappa shape index (κ2) is 7.19. The van der Waals surface area contributed by atoms with E-state index in [9.17, 15) is 4.79 Å². The molecule has 2 N–H and O–H groups in total. The van der Waals surface area contributed by atoms with Gasteiger partial charge in [0, 0.05) is 5.70 Å². The van der Waals surface area contributed by atoms with Gasteiger partial charge in [-0.15, -0.1) is 0 Å². The van der Waals surface area contributed by atoms with Gasteiger partial charge in [0.25, 0.3) is 0 Å². The van der Waals surface area contributed by atoms with Gasteiger partial charge in [0.2, 0.25) is 0 Å². The lowest BCUT2D eigenvalue weighted by Crippen LogP contribution is -2.45. The minimum Gasteiger partial charge on any atom is -0.495 e. The van der Waals surface area contributed by atoms with Gasteiger partial charge in [-0.1, -0.05) is 17.7 Å². The van der Waals surface area contributed by atoms with E-state index in [0.29, 0.717) is 27.2 Å². The van der Waals surface area contributed by atoms with Crippen LogP contribution in [0.3, 0.4) is 0 Å². The van der Waals surface area contributed by atoms with Crippen LogP contribution in [0.25, 0.3) is 0 Å². The Morgan fingerprint density at radius 1 is 1.39 bits per heavy atom. The number of rotatable bonds is 4. The molecule has 124 valence electrons. The van der Waals surface area contributed by atoms with E-state index in [0.717, 1.165) is 5.56 Å². The number of methoxy groups -OCH3 is 1. The Morgan fingerprint density at radius 2 is 2.09 bits per heavy atom. The van der Waals surface area contributed by atoms with Crippen LogP contribution >= 0.6 is 23.8 Å². The lowest BCUT2D eigenvalue weighted by atomic mass is 9.95. The summed E-state index contributed by atoms with van der Waals surface area (Å²) in [7, 11) is 1.55. The highest BCUT2D eigenvalue weighted by molar-refractivity contribution is 7.80. The van der Waals surface area contributed by atoms with Gasteiger partial charge in [-0.2, -0.15) is 0 Å². The van der Waals surface area contributed by atoms with Gasteiger partial charge in [0.1, 0.15) is 5.75 Å². The maximum atomic E-state index is 12.5. The Kier molecular flexibility index (Phi) is 5.49. The number of carbonyl (C=O) groups is 1. The van der Waals surface area contributed by atoms with Gasteiger partial charge >= 0.3 is 5.97 Å². The molecule has 23 heavy (non-hydrogen) atoms. The number of hydrogen-bond acceptors (Lipinski definition) is 4. The van der Waals surface area contributed by atoms with E-state index >= 15 is 0 Å². The summed E-state index contributed by atoms with van der Waals surface area (Å²) >= 11 is 11.4. The molecule has 0 fully saturated rings. The zero-order valence-electron chi connectivity index (χ0n) is 13.4. The second-order valence-corrected chi connectivity index (χ2v) is 6.23. The molecule has 0 amide bonds. The fourth-order valence-corrected chi connectivity index (χ4v) is 2.89. The second-order valence-electron chi connectivity index (χ2n) is 5.42. The summed E-state index contributed by atoms with van der Waals surface area (Å²) in [6.07, 6.45) is -0.211. The number of hydrogen-bond donors (Lipinski definition) is 2. The van der Waals surface area contributed by atoms with E-state index in [2.05, 4.69) is 10.6 Å². The molecular weight excluding hydrogens is 336 g/mol. The average Bonchev–Trinajstić information content (AvgIpc) is 2.45. The number of carbonyl (C=O) groups excluding carboxylic acids is 1. The zero-order chi connectivity index (χ0) is 17.1. The minimum absolute atomic E-state index is 0.211. The first-order chi connectivity index (χ1) is 10.8. The quantitative estimate of drug-likeness (QED) is 0.640. The van der Waals surface area contributed by atoms with Crippen molar-refractivity contribution in [3.63, 3.8) is 0 Å².